The summed E-state index contributed by atoms with van der Waals surface area (Å²) in [7, 11) is 3.65. The second-order valence-electron chi connectivity index (χ2n) is 6.44. The van der Waals surface area contributed by atoms with Gasteiger partial charge < -0.3 is 38.6 Å². The number of ether oxygens (including phenoxy) is 2. The van der Waals surface area contributed by atoms with Gasteiger partial charge in [-0.2, -0.15) is 0 Å². The van der Waals surface area contributed by atoms with Crippen LogP contribution in [0.3, 0.4) is 0 Å². The molecule has 0 amide bonds. The van der Waals surface area contributed by atoms with Crippen LogP contribution in [0.25, 0.3) is 11.0 Å². The molecule has 0 fully saturated rings. The molecule has 1 atom stereocenters. The summed E-state index contributed by atoms with van der Waals surface area (Å²) in [4.78, 5) is 0. The average Bonchev–Trinajstić information content (AvgIpc) is 2.89. The molecule has 0 saturated carbocycles. The largest absolute Gasteiger partial charge is 1.00 e. The van der Waals surface area contributed by atoms with Crippen LogP contribution in [-0.4, -0.2) is 29.5 Å². The fourth-order valence-corrected chi connectivity index (χ4v) is 2.92. The van der Waals surface area contributed by atoms with E-state index in [0.717, 1.165) is 16.8 Å². The molecule has 0 saturated heterocycles. The van der Waals surface area contributed by atoms with Gasteiger partial charge in [-0.15, -0.1) is 0 Å². The molecule has 1 aromatic heterocycles. The number of benzene rings is 2. The van der Waals surface area contributed by atoms with Crippen molar-refractivity contribution < 1.29 is 43.1 Å². The molecule has 1 N–H and O–H groups in total. The minimum atomic E-state index is -0.598. The number of hydrogen-bond donors (Lipinski definition) is 1. The smallest absolute Gasteiger partial charge is 0.244 e. The molecule has 3 rings (SSSR count). The quantitative estimate of drug-likeness (QED) is 0.394. The highest BCUT2D eigenvalue weighted by Crippen LogP contribution is 2.19. The fourth-order valence-electron chi connectivity index (χ4n) is 2.92. The SMILES string of the molecule is COc1ccc(OCC(O)Cn2c[n+](C)c3cc(C)c(C)cc32)cc1.[I-]. The van der Waals surface area contributed by atoms with Crippen LogP contribution in [0.15, 0.2) is 42.7 Å². The number of aryl methyl sites for hydroxylation is 3. The highest BCUT2D eigenvalue weighted by Gasteiger charge is 2.18. The molecule has 5 nitrogen and oxygen atoms in total. The summed E-state index contributed by atoms with van der Waals surface area (Å²) in [5, 5.41) is 10.4. The summed E-state index contributed by atoms with van der Waals surface area (Å²) in [6.45, 7) is 4.94. The first kappa shape index (κ1) is 20.5. The first-order valence-corrected chi connectivity index (χ1v) is 8.38. The first-order chi connectivity index (χ1) is 12.0. The molecule has 1 unspecified atom stereocenters. The maximum absolute atomic E-state index is 10.4. The Bertz CT molecular complexity index is 875. The zero-order valence-corrected chi connectivity index (χ0v) is 17.7. The molecule has 6 heteroatoms. The fraction of sp³-hybridized carbons (Fsp3) is 0.350. The molecule has 2 aromatic carbocycles. The Morgan fingerprint density at radius 1 is 1.08 bits per heavy atom. The van der Waals surface area contributed by atoms with E-state index in [9.17, 15) is 5.11 Å². The van der Waals surface area contributed by atoms with Gasteiger partial charge in [0.1, 0.15) is 30.8 Å². The lowest BCUT2D eigenvalue weighted by atomic mass is 10.1. The molecule has 0 aliphatic heterocycles. The van der Waals surface area contributed by atoms with Crippen molar-refractivity contribution in [3.8, 4) is 11.5 Å². The number of halogens is 1. The third kappa shape index (κ3) is 4.48. The Morgan fingerprint density at radius 3 is 2.35 bits per heavy atom. The molecule has 0 aliphatic rings. The van der Waals surface area contributed by atoms with E-state index >= 15 is 0 Å². The van der Waals surface area contributed by atoms with Crippen molar-refractivity contribution in [3.63, 3.8) is 0 Å². The van der Waals surface area contributed by atoms with Crippen LogP contribution in [-0.2, 0) is 13.6 Å². The molecular formula is C20H25IN2O3. The summed E-state index contributed by atoms with van der Waals surface area (Å²) in [5.41, 5.74) is 4.79. The van der Waals surface area contributed by atoms with Crippen molar-refractivity contribution in [3.05, 3.63) is 53.9 Å². The number of aliphatic hydroxyl groups excluding tert-OH is 1. The van der Waals surface area contributed by atoms with Crippen LogP contribution in [0.2, 0.25) is 0 Å². The second-order valence-corrected chi connectivity index (χ2v) is 6.44. The van der Waals surface area contributed by atoms with E-state index in [4.69, 9.17) is 9.47 Å². The van der Waals surface area contributed by atoms with Gasteiger partial charge in [0.2, 0.25) is 6.33 Å². The standard InChI is InChI=1S/C20H25N2O3.HI/c1-14-9-19-20(10-15(14)2)22(13-21(19)3)11-16(23)12-25-18-7-5-17(24-4)6-8-18;/h5-10,13,16,23H,11-12H2,1-4H3;1H/q+1;/p-1. The Kier molecular flexibility index (Phi) is 6.88. The summed E-state index contributed by atoms with van der Waals surface area (Å²) >= 11 is 0. The highest BCUT2D eigenvalue weighted by atomic mass is 127. The van der Waals surface area contributed by atoms with Crippen LogP contribution >= 0.6 is 0 Å². The van der Waals surface area contributed by atoms with Gasteiger partial charge in [0.05, 0.1) is 14.2 Å². The molecule has 26 heavy (non-hydrogen) atoms. The number of methoxy groups -OCH3 is 1. The molecule has 0 bridgehead atoms. The minimum Gasteiger partial charge on any atom is -1.00 e. The first-order valence-electron chi connectivity index (χ1n) is 8.38. The number of aliphatic hydroxyl groups is 1. The summed E-state index contributed by atoms with van der Waals surface area (Å²) < 4.78 is 15.0. The summed E-state index contributed by atoms with van der Waals surface area (Å²) in [6, 6.07) is 11.7. The van der Waals surface area contributed by atoms with Gasteiger partial charge >= 0.3 is 0 Å². The van der Waals surface area contributed by atoms with Gasteiger partial charge in [-0.05, 0) is 61.4 Å². The van der Waals surface area contributed by atoms with Crippen LogP contribution in [0.1, 0.15) is 11.1 Å². The van der Waals surface area contributed by atoms with E-state index in [1.807, 2.05) is 37.6 Å². The lowest BCUT2D eigenvalue weighted by Gasteiger charge is -2.11. The normalized spacial score (nSPS) is 11.9. The zero-order chi connectivity index (χ0) is 18.0. The van der Waals surface area contributed by atoms with Gasteiger partial charge in [0, 0.05) is 0 Å². The zero-order valence-electron chi connectivity index (χ0n) is 15.6. The molecule has 140 valence electrons. The Hall–Kier alpha value is -1.80. The number of rotatable bonds is 6. The maximum atomic E-state index is 10.4. The maximum Gasteiger partial charge on any atom is 0.244 e. The summed E-state index contributed by atoms with van der Waals surface area (Å²) in [6.07, 6.45) is 1.42. The van der Waals surface area contributed by atoms with Crippen LogP contribution in [0.4, 0.5) is 0 Å². The second kappa shape index (κ2) is 8.73. The van der Waals surface area contributed by atoms with E-state index in [0.29, 0.717) is 12.3 Å². The third-order valence-electron chi connectivity index (χ3n) is 4.50. The van der Waals surface area contributed by atoms with E-state index in [1.165, 1.54) is 11.1 Å². The number of fused-ring (bicyclic) bond motifs is 1. The van der Waals surface area contributed by atoms with E-state index < -0.39 is 6.10 Å². The number of hydrogen-bond acceptors (Lipinski definition) is 3. The Balaban J connectivity index is 0.00000243. The van der Waals surface area contributed by atoms with Crippen molar-refractivity contribution in [2.45, 2.75) is 26.5 Å². The van der Waals surface area contributed by atoms with Gasteiger partial charge in [-0.3, -0.25) is 0 Å². The van der Waals surface area contributed by atoms with Crippen molar-refractivity contribution in [2.24, 2.45) is 7.05 Å². The van der Waals surface area contributed by atoms with Crippen LogP contribution in [0, 0.1) is 13.8 Å². The number of aromatic nitrogens is 2. The predicted molar refractivity (Wildman–Crippen MR) is 97.1 cm³/mol. The molecule has 3 aromatic rings. The van der Waals surface area contributed by atoms with Crippen LogP contribution in [0.5, 0.6) is 11.5 Å². The van der Waals surface area contributed by atoms with Gasteiger partial charge in [-0.1, -0.05) is 0 Å². The number of nitrogens with zero attached hydrogens (tertiary/aromatic N) is 2. The van der Waals surface area contributed by atoms with Crippen molar-refractivity contribution in [1.29, 1.82) is 0 Å². The topological polar surface area (TPSA) is 47.5 Å². The lowest BCUT2D eigenvalue weighted by molar-refractivity contribution is -0.645. The average molecular weight is 468 g/mol. The summed E-state index contributed by atoms with van der Waals surface area (Å²) in [5.74, 6) is 1.50. The molecule has 0 spiro atoms. The van der Waals surface area contributed by atoms with Gasteiger partial charge in [0.25, 0.3) is 0 Å². The van der Waals surface area contributed by atoms with E-state index in [2.05, 4.69) is 35.1 Å². The molecule has 1 heterocycles. The van der Waals surface area contributed by atoms with E-state index in [-0.39, 0.29) is 30.6 Å². The van der Waals surface area contributed by atoms with E-state index in [1.54, 1.807) is 7.11 Å². The molecule has 0 aliphatic carbocycles. The predicted octanol–water partition coefficient (Wildman–Crippen LogP) is -0.465. The van der Waals surface area contributed by atoms with Crippen molar-refractivity contribution >= 4 is 11.0 Å². The third-order valence-corrected chi connectivity index (χ3v) is 4.50. The van der Waals surface area contributed by atoms with Crippen molar-refractivity contribution in [2.75, 3.05) is 13.7 Å². The minimum absolute atomic E-state index is 0. The van der Waals surface area contributed by atoms with Gasteiger partial charge in [0.15, 0.2) is 11.0 Å². The molecule has 0 radical (unpaired) electrons. The molecular weight excluding hydrogens is 443 g/mol. The Morgan fingerprint density at radius 2 is 1.69 bits per heavy atom. The highest BCUT2D eigenvalue weighted by molar-refractivity contribution is 5.74. The Labute approximate surface area is 171 Å². The van der Waals surface area contributed by atoms with Crippen LogP contribution < -0.4 is 38.0 Å². The van der Waals surface area contributed by atoms with Gasteiger partial charge in [-0.25, -0.2) is 9.13 Å². The monoisotopic (exact) mass is 468 g/mol. The number of imidazole rings is 1. The lowest BCUT2D eigenvalue weighted by Crippen LogP contribution is -3.00. The van der Waals surface area contributed by atoms with Crippen molar-refractivity contribution in [1.82, 2.24) is 4.57 Å².